The first-order valence-corrected chi connectivity index (χ1v) is 10.6. The number of hydrogen-bond acceptors (Lipinski definition) is 6. The quantitative estimate of drug-likeness (QED) is 0.689. The molecule has 9 atom stereocenters. The van der Waals surface area contributed by atoms with Crippen LogP contribution < -0.4 is 0 Å². The summed E-state index contributed by atoms with van der Waals surface area (Å²) < 4.78 is 43.9. The van der Waals surface area contributed by atoms with E-state index < -0.39 is 70.5 Å². The van der Waals surface area contributed by atoms with Crippen LogP contribution in [0.4, 0.5) is 8.78 Å². The number of aliphatic hydroxyl groups excluding tert-OH is 2. The van der Waals surface area contributed by atoms with E-state index in [1.54, 1.807) is 6.92 Å². The minimum Gasteiger partial charge on any atom is -0.458 e. The third-order valence-corrected chi connectivity index (χ3v) is 8.89. The molecule has 0 aromatic rings. The van der Waals surface area contributed by atoms with Crippen molar-refractivity contribution in [2.24, 2.45) is 22.7 Å². The lowest BCUT2D eigenvalue weighted by atomic mass is 9.44. The van der Waals surface area contributed by atoms with Crippen molar-refractivity contribution in [1.82, 2.24) is 0 Å². The Morgan fingerprint density at radius 3 is 2.71 bits per heavy atom. The number of hydrogen-bond donors (Lipinski definition) is 2. The molecule has 2 N–H and O–H groups in total. The van der Waals surface area contributed by atoms with Crippen LogP contribution in [0.15, 0.2) is 36.3 Å². The third kappa shape index (κ3) is 2.13. The third-order valence-electron chi connectivity index (χ3n) is 8.89. The van der Waals surface area contributed by atoms with Gasteiger partial charge in [-0.3, -0.25) is 9.59 Å². The summed E-state index contributed by atoms with van der Waals surface area (Å²) in [7, 11) is 0. The largest absolute Gasteiger partial charge is 0.458 e. The standard InChI is InChI=1S/C23H26F2O6/c1-11-30-19-8-13-14-7-16(24)15-6-12(27)4-5-20(15,2)22(14,25)17(28)9-21(13,3)23(19,31-11)18(29)10-26/h4-6,13-14,16-17,19,26,28H,1,7-10H2,2-3H3/t13-,14-,16-,17-,19?,20-,21-,22-,23?/m0/s1. The van der Waals surface area contributed by atoms with Crippen LogP contribution in [-0.2, 0) is 19.1 Å². The molecular formula is C23H26F2O6. The highest BCUT2D eigenvalue weighted by molar-refractivity contribution is 6.01. The minimum atomic E-state index is -2.25. The van der Waals surface area contributed by atoms with Gasteiger partial charge in [-0.2, -0.15) is 0 Å². The predicted molar refractivity (Wildman–Crippen MR) is 104 cm³/mol. The minimum absolute atomic E-state index is 0.0432. The van der Waals surface area contributed by atoms with Gasteiger partial charge in [0.25, 0.3) is 5.95 Å². The van der Waals surface area contributed by atoms with Gasteiger partial charge in [0.1, 0.15) is 18.9 Å². The first-order chi connectivity index (χ1) is 14.5. The van der Waals surface area contributed by atoms with E-state index in [0.29, 0.717) is 0 Å². The van der Waals surface area contributed by atoms with Crippen LogP contribution in [0.3, 0.4) is 0 Å². The van der Waals surface area contributed by atoms with Crippen LogP contribution >= 0.6 is 0 Å². The van der Waals surface area contributed by atoms with Gasteiger partial charge in [0, 0.05) is 16.7 Å². The topological polar surface area (TPSA) is 93.1 Å². The number of Topliss-reactive ketones (excluding diaryl/α,β-unsaturated/α-hetero) is 1. The maximum atomic E-state index is 17.0. The van der Waals surface area contributed by atoms with Gasteiger partial charge in [0.2, 0.25) is 11.4 Å². The SMILES string of the molecule is C=C1OC2C[C@H]3[C@@H]4C[C@H](F)C5=CC(=O)C=C[C@]5(C)[C@@]4(F)[C@@H](O)C[C@]3(C)C2(C(=O)CO)O1. The smallest absolute Gasteiger partial charge is 0.273 e. The second-order valence-electron chi connectivity index (χ2n) is 9.99. The molecular weight excluding hydrogens is 410 g/mol. The van der Waals surface area contributed by atoms with Crippen molar-refractivity contribution >= 4 is 11.6 Å². The average molecular weight is 436 g/mol. The van der Waals surface area contributed by atoms with Crippen molar-refractivity contribution in [2.75, 3.05) is 6.61 Å². The van der Waals surface area contributed by atoms with Crippen molar-refractivity contribution in [3.05, 3.63) is 36.3 Å². The number of ether oxygens (including phenoxy) is 2. The normalized spacial score (nSPS) is 52.3. The Hall–Kier alpha value is -2.06. The van der Waals surface area contributed by atoms with Gasteiger partial charge in [-0.1, -0.05) is 13.0 Å². The monoisotopic (exact) mass is 436 g/mol. The molecule has 5 rings (SSSR count). The second-order valence-corrected chi connectivity index (χ2v) is 9.99. The van der Waals surface area contributed by atoms with Crippen molar-refractivity contribution in [1.29, 1.82) is 0 Å². The molecule has 6 nitrogen and oxygen atoms in total. The van der Waals surface area contributed by atoms with Crippen LogP contribution in [0.1, 0.15) is 33.1 Å². The van der Waals surface area contributed by atoms with Crippen LogP contribution in [0, 0.1) is 22.7 Å². The maximum absolute atomic E-state index is 17.0. The lowest BCUT2D eigenvalue weighted by Crippen LogP contribution is -2.70. The zero-order valence-electron chi connectivity index (χ0n) is 17.4. The summed E-state index contributed by atoms with van der Waals surface area (Å²) in [5.74, 6) is -2.60. The second kappa shape index (κ2) is 6.04. The molecule has 31 heavy (non-hydrogen) atoms. The summed E-state index contributed by atoms with van der Waals surface area (Å²) >= 11 is 0. The Morgan fingerprint density at radius 1 is 1.32 bits per heavy atom. The molecule has 1 heterocycles. The zero-order chi connectivity index (χ0) is 22.6. The van der Waals surface area contributed by atoms with Gasteiger partial charge in [-0.25, -0.2) is 8.78 Å². The Balaban J connectivity index is 1.66. The number of aliphatic hydroxyl groups is 2. The van der Waals surface area contributed by atoms with E-state index in [2.05, 4.69) is 6.58 Å². The van der Waals surface area contributed by atoms with E-state index in [-0.39, 0.29) is 30.8 Å². The summed E-state index contributed by atoms with van der Waals surface area (Å²) in [6, 6.07) is 0. The lowest BCUT2D eigenvalue weighted by molar-refractivity contribution is -0.222. The Bertz CT molecular complexity index is 960. The number of carbonyl (C=O) groups excluding carboxylic acids is 2. The molecule has 0 bridgehead atoms. The summed E-state index contributed by atoms with van der Waals surface area (Å²) in [5, 5.41) is 20.9. The highest BCUT2D eigenvalue weighted by Crippen LogP contribution is 2.72. The van der Waals surface area contributed by atoms with Gasteiger partial charge in [0.15, 0.2) is 11.5 Å². The van der Waals surface area contributed by atoms with Crippen molar-refractivity contribution in [3.8, 4) is 0 Å². The molecule has 5 aliphatic rings. The number of carbonyl (C=O) groups is 2. The van der Waals surface area contributed by atoms with Crippen molar-refractivity contribution in [2.45, 2.75) is 62.8 Å². The highest BCUT2D eigenvalue weighted by atomic mass is 19.1. The molecule has 1 aliphatic heterocycles. The molecule has 1 saturated heterocycles. The molecule has 0 aromatic carbocycles. The van der Waals surface area contributed by atoms with Crippen LogP contribution in [0.2, 0.25) is 0 Å². The fraction of sp³-hybridized carbons (Fsp3) is 0.652. The highest BCUT2D eigenvalue weighted by Gasteiger charge is 2.80. The van der Waals surface area contributed by atoms with Crippen molar-refractivity contribution < 1.29 is 38.1 Å². The van der Waals surface area contributed by atoms with Gasteiger partial charge >= 0.3 is 0 Å². The average Bonchev–Trinajstić information content (AvgIpc) is 3.16. The molecule has 0 amide bonds. The molecule has 168 valence electrons. The van der Waals surface area contributed by atoms with Gasteiger partial charge < -0.3 is 19.7 Å². The van der Waals surface area contributed by atoms with Gasteiger partial charge in [-0.15, -0.1) is 0 Å². The fourth-order valence-electron chi connectivity index (χ4n) is 7.53. The predicted octanol–water partition coefficient (Wildman–Crippen LogP) is 2.10. The molecule has 0 spiro atoms. The molecule has 3 saturated carbocycles. The van der Waals surface area contributed by atoms with E-state index in [4.69, 9.17) is 9.47 Å². The van der Waals surface area contributed by atoms with Crippen LogP contribution in [-0.4, -0.2) is 58.0 Å². The number of alkyl halides is 2. The molecule has 0 radical (unpaired) electrons. The Morgan fingerprint density at radius 2 is 2.03 bits per heavy atom. The molecule has 0 aromatic heterocycles. The Kier molecular flexibility index (Phi) is 4.06. The Labute approximate surface area is 178 Å². The number of rotatable bonds is 2. The molecule has 8 heteroatoms. The first kappa shape index (κ1) is 20.8. The zero-order valence-corrected chi connectivity index (χ0v) is 17.4. The van der Waals surface area contributed by atoms with E-state index >= 15 is 8.78 Å². The summed E-state index contributed by atoms with van der Waals surface area (Å²) in [4.78, 5) is 24.8. The molecule has 2 unspecified atom stereocenters. The number of halogens is 2. The van der Waals surface area contributed by atoms with E-state index in [1.165, 1.54) is 19.1 Å². The van der Waals surface area contributed by atoms with E-state index in [0.717, 1.165) is 6.08 Å². The lowest BCUT2D eigenvalue weighted by Gasteiger charge is -2.62. The van der Waals surface area contributed by atoms with Crippen LogP contribution in [0.25, 0.3) is 0 Å². The van der Waals surface area contributed by atoms with E-state index in [1.807, 2.05) is 0 Å². The van der Waals surface area contributed by atoms with Gasteiger partial charge in [-0.05, 0) is 56.4 Å². The fourth-order valence-corrected chi connectivity index (χ4v) is 7.53. The number of fused-ring (bicyclic) bond motifs is 7. The maximum Gasteiger partial charge on any atom is 0.273 e. The first-order valence-electron chi connectivity index (χ1n) is 10.6. The molecule has 4 fully saturated rings. The summed E-state index contributed by atoms with van der Waals surface area (Å²) in [6.07, 6.45) is -0.380. The number of allylic oxidation sites excluding steroid dienone is 4. The summed E-state index contributed by atoms with van der Waals surface area (Å²) in [6.45, 7) is 6.07. The number of ketones is 2. The van der Waals surface area contributed by atoms with E-state index in [9.17, 15) is 19.8 Å². The molecule has 4 aliphatic carbocycles. The van der Waals surface area contributed by atoms with Gasteiger partial charge in [0.05, 0.1) is 6.10 Å². The summed E-state index contributed by atoms with van der Waals surface area (Å²) in [5.41, 5.74) is -6.43. The van der Waals surface area contributed by atoms with Crippen molar-refractivity contribution in [3.63, 3.8) is 0 Å². The van der Waals surface area contributed by atoms with Crippen LogP contribution in [0.5, 0.6) is 0 Å².